The summed E-state index contributed by atoms with van der Waals surface area (Å²) in [7, 11) is 1.55. The molecule has 7 nitrogen and oxygen atoms in total. The third kappa shape index (κ3) is 4.47. The van der Waals surface area contributed by atoms with Crippen LogP contribution in [-0.2, 0) is 4.79 Å². The largest absolute Gasteiger partial charge is 0.484 e. The molecular formula is C17H18Cl2N4O3. The van der Waals surface area contributed by atoms with Crippen LogP contribution in [-0.4, -0.2) is 60.7 Å². The summed E-state index contributed by atoms with van der Waals surface area (Å²) >= 11 is 11.8. The Morgan fingerprint density at radius 2 is 1.92 bits per heavy atom. The molecule has 0 radical (unpaired) electrons. The van der Waals surface area contributed by atoms with Crippen LogP contribution in [0.3, 0.4) is 0 Å². The first-order valence-corrected chi connectivity index (χ1v) is 8.79. The van der Waals surface area contributed by atoms with Crippen LogP contribution in [0.15, 0.2) is 30.6 Å². The van der Waals surface area contributed by atoms with Crippen molar-refractivity contribution in [3.63, 3.8) is 0 Å². The van der Waals surface area contributed by atoms with E-state index in [2.05, 4.69) is 14.9 Å². The molecule has 0 aliphatic carbocycles. The zero-order chi connectivity index (χ0) is 18.5. The number of anilines is 1. The second-order valence-corrected chi connectivity index (χ2v) is 6.47. The van der Waals surface area contributed by atoms with E-state index in [-0.39, 0.29) is 12.5 Å². The lowest BCUT2D eigenvalue weighted by molar-refractivity contribution is -0.133. The molecule has 3 rings (SSSR count). The monoisotopic (exact) mass is 396 g/mol. The van der Waals surface area contributed by atoms with Crippen molar-refractivity contribution in [3.05, 3.63) is 40.6 Å². The van der Waals surface area contributed by atoms with E-state index in [1.165, 1.54) is 0 Å². The third-order valence-corrected chi connectivity index (χ3v) is 4.76. The number of nitrogens with zero attached hydrogens (tertiary/aromatic N) is 4. The lowest BCUT2D eigenvalue weighted by atomic mass is 10.3. The van der Waals surface area contributed by atoms with Gasteiger partial charge in [0.15, 0.2) is 12.4 Å². The minimum absolute atomic E-state index is 0.0447. The molecule has 1 aliphatic rings. The minimum Gasteiger partial charge on any atom is -0.484 e. The van der Waals surface area contributed by atoms with Gasteiger partial charge in [-0.2, -0.15) is 4.98 Å². The zero-order valence-electron chi connectivity index (χ0n) is 14.2. The molecule has 0 bridgehead atoms. The van der Waals surface area contributed by atoms with Crippen molar-refractivity contribution in [2.24, 2.45) is 0 Å². The van der Waals surface area contributed by atoms with Gasteiger partial charge < -0.3 is 19.3 Å². The molecule has 9 heteroatoms. The highest BCUT2D eigenvalue weighted by molar-refractivity contribution is 6.42. The first-order valence-electron chi connectivity index (χ1n) is 8.03. The highest BCUT2D eigenvalue weighted by Crippen LogP contribution is 2.26. The molecule has 0 unspecified atom stereocenters. The summed E-state index contributed by atoms with van der Waals surface area (Å²) in [6, 6.07) is 4.91. The second-order valence-electron chi connectivity index (χ2n) is 5.65. The van der Waals surface area contributed by atoms with Crippen LogP contribution < -0.4 is 14.4 Å². The van der Waals surface area contributed by atoms with Gasteiger partial charge in [-0.3, -0.25) is 9.78 Å². The molecule has 2 heterocycles. The van der Waals surface area contributed by atoms with Crippen LogP contribution >= 0.6 is 23.2 Å². The van der Waals surface area contributed by atoms with E-state index >= 15 is 0 Å². The number of ether oxygens (including phenoxy) is 2. The average molecular weight is 397 g/mol. The number of carbonyl (C=O) groups excluding carboxylic acids is 1. The van der Waals surface area contributed by atoms with Crippen molar-refractivity contribution in [2.45, 2.75) is 0 Å². The maximum atomic E-state index is 12.3. The molecular weight excluding hydrogens is 379 g/mol. The SMILES string of the molecule is COc1cncc(N2CCN(C(=O)COc3ccc(Cl)c(Cl)c3)CC2)n1. The molecule has 26 heavy (non-hydrogen) atoms. The summed E-state index contributed by atoms with van der Waals surface area (Å²) in [4.78, 5) is 24.7. The van der Waals surface area contributed by atoms with Crippen LogP contribution in [0.2, 0.25) is 10.0 Å². The van der Waals surface area contributed by atoms with E-state index in [9.17, 15) is 4.79 Å². The number of hydrogen-bond acceptors (Lipinski definition) is 6. The predicted octanol–water partition coefficient (Wildman–Crippen LogP) is 2.52. The maximum Gasteiger partial charge on any atom is 0.260 e. The molecule has 138 valence electrons. The maximum absolute atomic E-state index is 12.3. The van der Waals surface area contributed by atoms with E-state index in [1.807, 2.05) is 0 Å². The fraction of sp³-hybridized carbons (Fsp3) is 0.353. The molecule has 0 N–H and O–H groups in total. The van der Waals surface area contributed by atoms with Crippen molar-refractivity contribution in [1.29, 1.82) is 0 Å². The number of halogens is 2. The van der Waals surface area contributed by atoms with Gasteiger partial charge in [0.2, 0.25) is 5.88 Å². The molecule has 1 fully saturated rings. The van der Waals surface area contributed by atoms with E-state index in [1.54, 1.807) is 42.6 Å². The van der Waals surface area contributed by atoms with Crippen molar-refractivity contribution in [1.82, 2.24) is 14.9 Å². The Hall–Kier alpha value is -2.25. The Bertz CT molecular complexity index is 782. The second kappa shape index (κ2) is 8.42. The molecule has 0 spiro atoms. The Morgan fingerprint density at radius 3 is 2.62 bits per heavy atom. The number of benzene rings is 1. The van der Waals surface area contributed by atoms with Gasteiger partial charge in [0.25, 0.3) is 5.91 Å². The standard InChI is InChI=1S/C17H18Cl2N4O3/c1-25-16-10-20-9-15(21-16)22-4-6-23(7-5-22)17(24)11-26-12-2-3-13(18)14(19)8-12/h2-3,8-10H,4-7,11H2,1H3. The fourth-order valence-electron chi connectivity index (χ4n) is 2.58. The molecule has 1 amide bonds. The van der Waals surface area contributed by atoms with E-state index in [0.29, 0.717) is 47.9 Å². The van der Waals surface area contributed by atoms with Gasteiger partial charge in [-0.15, -0.1) is 0 Å². The van der Waals surface area contributed by atoms with Gasteiger partial charge in [0.1, 0.15) is 5.75 Å². The third-order valence-electron chi connectivity index (χ3n) is 4.02. The zero-order valence-corrected chi connectivity index (χ0v) is 15.7. The number of methoxy groups -OCH3 is 1. The van der Waals surface area contributed by atoms with E-state index in [4.69, 9.17) is 32.7 Å². The number of aromatic nitrogens is 2. The highest BCUT2D eigenvalue weighted by atomic mass is 35.5. The Labute approximate surface area is 161 Å². The topological polar surface area (TPSA) is 67.8 Å². The minimum atomic E-state index is -0.0764. The Balaban J connectivity index is 1.50. The predicted molar refractivity (Wildman–Crippen MR) is 99.3 cm³/mol. The van der Waals surface area contributed by atoms with Gasteiger partial charge >= 0.3 is 0 Å². The number of hydrogen-bond donors (Lipinski definition) is 0. The van der Waals surface area contributed by atoms with Gasteiger partial charge in [-0.1, -0.05) is 23.2 Å². The van der Waals surface area contributed by atoms with Crippen LogP contribution in [0.1, 0.15) is 0 Å². The quantitative estimate of drug-likeness (QED) is 0.773. The number of carbonyl (C=O) groups is 1. The van der Waals surface area contributed by atoms with Gasteiger partial charge in [-0.25, -0.2) is 0 Å². The first kappa shape index (κ1) is 18.5. The lowest BCUT2D eigenvalue weighted by Crippen LogP contribution is -2.50. The normalized spacial score (nSPS) is 14.3. The Morgan fingerprint density at radius 1 is 1.15 bits per heavy atom. The Kier molecular flexibility index (Phi) is 6.00. The van der Waals surface area contributed by atoms with Gasteiger partial charge in [0, 0.05) is 32.2 Å². The van der Waals surface area contributed by atoms with Crippen molar-refractivity contribution < 1.29 is 14.3 Å². The van der Waals surface area contributed by atoms with Crippen molar-refractivity contribution in [2.75, 3.05) is 44.8 Å². The molecule has 0 saturated carbocycles. The summed E-state index contributed by atoms with van der Waals surface area (Å²) in [6.07, 6.45) is 3.25. The molecule has 0 atom stereocenters. The summed E-state index contributed by atoms with van der Waals surface area (Å²) in [6.45, 7) is 2.46. The number of rotatable bonds is 5. The smallest absolute Gasteiger partial charge is 0.260 e. The number of piperazine rings is 1. The summed E-state index contributed by atoms with van der Waals surface area (Å²) in [5.74, 6) is 1.64. The summed E-state index contributed by atoms with van der Waals surface area (Å²) in [5.41, 5.74) is 0. The van der Waals surface area contributed by atoms with E-state index in [0.717, 1.165) is 5.82 Å². The van der Waals surface area contributed by atoms with Crippen LogP contribution in [0.5, 0.6) is 11.6 Å². The van der Waals surface area contributed by atoms with E-state index < -0.39 is 0 Å². The van der Waals surface area contributed by atoms with Gasteiger partial charge in [-0.05, 0) is 12.1 Å². The molecule has 2 aromatic rings. The van der Waals surface area contributed by atoms with Crippen LogP contribution in [0.25, 0.3) is 0 Å². The van der Waals surface area contributed by atoms with Gasteiger partial charge in [0.05, 0.1) is 29.5 Å². The summed E-state index contributed by atoms with van der Waals surface area (Å²) in [5, 5.41) is 0.840. The lowest BCUT2D eigenvalue weighted by Gasteiger charge is -2.35. The number of amides is 1. The molecule has 1 aliphatic heterocycles. The molecule has 1 aromatic carbocycles. The highest BCUT2D eigenvalue weighted by Gasteiger charge is 2.22. The van der Waals surface area contributed by atoms with Crippen LogP contribution in [0, 0.1) is 0 Å². The van der Waals surface area contributed by atoms with Crippen molar-refractivity contribution in [3.8, 4) is 11.6 Å². The average Bonchev–Trinajstić information content (AvgIpc) is 2.69. The van der Waals surface area contributed by atoms with Crippen molar-refractivity contribution >= 4 is 34.9 Å². The molecule has 1 aromatic heterocycles. The fourth-order valence-corrected chi connectivity index (χ4v) is 2.87. The summed E-state index contributed by atoms with van der Waals surface area (Å²) < 4.78 is 10.6. The molecule has 1 saturated heterocycles. The first-order chi connectivity index (χ1) is 12.6. The van der Waals surface area contributed by atoms with Crippen LogP contribution in [0.4, 0.5) is 5.82 Å².